The molecule has 0 aliphatic heterocycles. The molecule has 3 rings (SSSR count). The minimum absolute atomic E-state index is 0.184. The molecule has 0 bridgehead atoms. The van der Waals surface area contributed by atoms with Gasteiger partial charge in [0, 0.05) is 29.3 Å². The van der Waals surface area contributed by atoms with Crippen LogP contribution < -0.4 is 10.6 Å². The molecule has 0 aliphatic carbocycles. The maximum Gasteiger partial charge on any atom is 0.255 e. The van der Waals surface area contributed by atoms with Gasteiger partial charge in [-0.1, -0.05) is 23.8 Å². The average Bonchev–Trinajstić information content (AvgIpc) is 3.16. The number of nitrogens with one attached hydrogen (secondary N) is 2. The first-order chi connectivity index (χ1) is 12.5. The second kappa shape index (κ2) is 7.65. The van der Waals surface area contributed by atoms with Gasteiger partial charge in [-0.05, 0) is 50.2 Å². The number of benzene rings is 2. The zero-order valence-corrected chi connectivity index (χ0v) is 14.6. The number of aryl methyl sites for hydroxylation is 1. The molecule has 0 saturated heterocycles. The van der Waals surface area contributed by atoms with Crippen LogP contribution in [0, 0.1) is 6.92 Å². The predicted octanol–water partition coefficient (Wildman–Crippen LogP) is 3.64. The highest BCUT2D eigenvalue weighted by molar-refractivity contribution is 6.04. The van der Waals surface area contributed by atoms with E-state index in [4.69, 9.17) is 0 Å². The predicted molar refractivity (Wildman–Crippen MR) is 101 cm³/mol. The summed E-state index contributed by atoms with van der Waals surface area (Å²) in [5.41, 5.74) is 2.83. The molecule has 0 unspecified atom stereocenters. The molecule has 0 aliphatic rings. The highest BCUT2D eigenvalue weighted by Crippen LogP contribution is 2.18. The number of hydrogen-bond donors (Lipinski definition) is 2. The van der Waals surface area contributed by atoms with E-state index in [-0.39, 0.29) is 11.8 Å². The molecule has 2 N–H and O–H groups in total. The van der Waals surface area contributed by atoms with Gasteiger partial charge in [0.15, 0.2) is 0 Å². The van der Waals surface area contributed by atoms with Crippen LogP contribution in [0.2, 0.25) is 0 Å². The van der Waals surface area contributed by atoms with E-state index in [1.807, 2.05) is 25.1 Å². The van der Waals surface area contributed by atoms with E-state index < -0.39 is 6.04 Å². The lowest BCUT2D eigenvalue weighted by Gasteiger charge is -2.13. The molecule has 2 aromatic carbocycles. The van der Waals surface area contributed by atoms with Crippen LogP contribution in [0.25, 0.3) is 0 Å². The quantitative estimate of drug-likeness (QED) is 0.739. The topological polar surface area (TPSA) is 76.0 Å². The summed E-state index contributed by atoms with van der Waals surface area (Å²) < 4.78 is 1.58. The maximum absolute atomic E-state index is 12.4. The van der Waals surface area contributed by atoms with Gasteiger partial charge in [0.1, 0.15) is 6.04 Å². The maximum atomic E-state index is 12.4. The molecule has 0 fully saturated rings. The third kappa shape index (κ3) is 4.16. The number of nitrogens with zero attached hydrogens (tertiary/aromatic N) is 2. The molecule has 0 spiro atoms. The molecule has 1 heterocycles. The van der Waals surface area contributed by atoms with Crippen molar-refractivity contribution >= 4 is 23.2 Å². The largest absolute Gasteiger partial charge is 0.324 e. The summed E-state index contributed by atoms with van der Waals surface area (Å²) in [7, 11) is 0. The van der Waals surface area contributed by atoms with E-state index in [0.717, 1.165) is 5.56 Å². The lowest BCUT2D eigenvalue weighted by atomic mass is 10.1. The summed E-state index contributed by atoms with van der Waals surface area (Å²) in [5.74, 6) is -0.377. The number of anilines is 2. The molecule has 6 heteroatoms. The average molecular weight is 348 g/mol. The first-order valence-corrected chi connectivity index (χ1v) is 8.31. The number of aromatic nitrogens is 2. The Kier molecular flexibility index (Phi) is 5.12. The van der Waals surface area contributed by atoms with Crippen LogP contribution in [0.5, 0.6) is 0 Å². The minimum atomic E-state index is -0.435. The molecule has 3 aromatic rings. The molecule has 0 saturated carbocycles. The van der Waals surface area contributed by atoms with Crippen molar-refractivity contribution in [2.45, 2.75) is 19.9 Å². The van der Waals surface area contributed by atoms with Crippen LogP contribution in [0.3, 0.4) is 0 Å². The van der Waals surface area contributed by atoms with E-state index in [1.54, 1.807) is 60.4 Å². The van der Waals surface area contributed by atoms with Crippen molar-refractivity contribution in [2.24, 2.45) is 0 Å². The van der Waals surface area contributed by atoms with Crippen molar-refractivity contribution in [1.29, 1.82) is 0 Å². The molecule has 0 radical (unpaired) electrons. The van der Waals surface area contributed by atoms with Crippen molar-refractivity contribution in [3.8, 4) is 0 Å². The monoisotopic (exact) mass is 348 g/mol. The van der Waals surface area contributed by atoms with Gasteiger partial charge in [-0.15, -0.1) is 0 Å². The molecule has 26 heavy (non-hydrogen) atoms. The molecular weight excluding hydrogens is 328 g/mol. The van der Waals surface area contributed by atoms with Crippen molar-refractivity contribution in [1.82, 2.24) is 9.78 Å². The Labute approximate surface area is 151 Å². The number of carbonyl (C=O) groups is 2. The van der Waals surface area contributed by atoms with Crippen molar-refractivity contribution in [3.05, 3.63) is 78.1 Å². The van der Waals surface area contributed by atoms with Gasteiger partial charge in [0.2, 0.25) is 5.91 Å². The zero-order valence-electron chi connectivity index (χ0n) is 14.6. The summed E-state index contributed by atoms with van der Waals surface area (Å²) in [4.78, 5) is 24.7. The van der Waals surface area contributed by atoms with Gasteiger partial charge >= 0.3 is 0 Å². The fourth-order valence-corrected chi connectivity index (χ4v) is 2.54. The van der Waals surface area contributed by atoms with Crippen molar-refractivity contribution in [2.75, 3.05) is 10.6 Å². The van der Waals surface area contributed by atoms with Crippen molar-refractivity contribution in [3.63, 3.8) is 0 Å². The summed E-state index contributed by atoms with van der Waals surface area (Å²) in [5, 5.41) is 9.76. The van der Waals surface area contributed by atoms with Crippen LogP contribution in [0.4, 0.5) is 11.4 Å². The SMILES string of the molecule is Cc1cccc(C(=O)Nc2cccc(NC(=O)[C@H](C)n3cccn3)c2)c1. The Hall–Kier alpha value is -3.41. The standard InChI is InChI=1S/C20H20N4O2/c1-14-6-3-7-16(12-14)20(26)23-18-9-4-8-17(13-18)22-19(25)15(2)24-11-5-10-21-24/h3-13,15H,1-2H3,(H,22,25)(H,23,26)/t15-/m0/s1. The number of rotatable bonds is 5. The Bertz CT molecular complexity index is 919. The van der Waals surface area contributed by atoms with E-state index in [1.165, 1.54) is 0 Å². The molecule has 132 valence electrons. The van der Waals surface area contributed by atoms with E-state index in [9.17, 15) is 9.59 Å². The van der Waals surface area contributed by atoms with Crippen LogP contribution in [0.1, 0.15) is 28.9 Å². The third-order valence-corrected chi connectivity index (χ3v) is 3.97. The zero-order chi connectivity index (χ0) is 18.5. The highest BCUT2D eigenvalue weighted by atomic mass is 16.2. The highest BCUT2D eigenvalue weighted by Gasteiger charge is 2.15. The summed E-state index contributed by atoms with van der Waals surface area (Å²) >= 11 is 0. The summed E-state index contributed by atoms with van der Waals surface area (Å²) in [6, 6.07) is 15.8. The molecule has 1 atom stereocenters. The first kappa shape index (κ1) is 17.4. The molecular formula is C20H20N4O2. The Balaban J connectivity index is 1.68. The Morgan fingerprint density at radius 1 is 1.00 bits per heavy atom. The van der Waals surface area contributed by atoms with Gasteiger partial charge in [0.25, 0.3) is 5.91 Å². The third-order valence-electron chi connectivity index (χ3n) is 3.97. The van der Waals surface area contributed by atoms with E-state index >= 15 is 0 Å². The number of amides is 2. The summed E-state index contributed by atoms with van der Waals surface area (Å²) in [6.45, 7) is 3.71. The molecule has 2 amide bonds. The Morgan fingerprint density at radius 2 is 1.73 bits per heavy atom. The van der Waals surface area contributed by atoms with Gasteiger partial charge in [-0.25, -0.2) is 0 Å². The van der Waals surface area contributed by atoms with E-state index in [2.05, 4.69) is 15.7 Å². The van der Waals surface area contributed by atoms with Gasteiger partial charge < -0.3 is 10.6 Å². The smallest absolute Gasteiger partial charge is 0.255 e. The lowest BCUT2D eigenvalue weighted by molar-refractivity contribution is -0.119. The second-order valence-corrected chi connectivity index (χ2v) is 6.06. The minimum Gasteiger partial charge on any atom is -0.324 e. The second-order valence-electron chi connectivity index (χ2n) is 6.06. The fourth-order valence-electron chi connectivity index (χ4n) is 2.54. The van der Waals surface area contributed by atoms with Gasteiger partial charge in [-0.2, -0.15) is 5.10 Å². The van der Waals surface area contributed by atoms with Gasteiger partial charge in [-0.3, -0.25) is 14.3 Å². The number of carbonyl (C=O) groups excluding carboxylic acids is 2. The van der Waals surface area contributed by atoms with Crippen LogP contribution in [-0.2, 0) is 4.79 Å². The van der Waals surface area contributed by atoms with Crippen molar-refractivity contribution < 1.29 is 9.59 Å². The van der Waals surface area contributed by atoms with Crippen LogP contribution >= 0.6 is 0 Å². The fraction of sp³-hybridized carbons (Fsp3) is 0.150. The van der Waals surface area contributed by atoms with Crippen LogP contribution in [0.15, 0.2) is 67.0 Å². The van der Waals surface area contributed by atoms with Gasteiger partial charge in [0.05, 0.1) is 0 Å². The summed E-state index contributed by atoms with van der Waals surface area (Å²) in [6.07, 6.45) is 3.37. The first-order valence-electron chi connectivity index (χ1n) is 8.31. The van der Waals surface area contributed by atoms with E-state index in [0.29, 0.717) is 16.9 Å². The molecule has 6 nitrogen and oxygen atoms in total. The Morgan fingerprint density at radius 3 is 2.42 bits per heavy atom. The lowest BCUT2D eigenvalue weighted by Crippen LogP contribution is -2.24. The molecule has 1 aromatic heterocycles. The number of hydrogen-bond acceptors (Lipinski definition) is 3. The van der Waals surface area contributed by atoms with Crippen LogP contribution in [-0.4, -0.2) is 21.6 Å². The normalized spacial score (nSPS) is 11.6.